The van der Waals surface area contributed by atoms with Crippen molar-refractivity contribution in [3.63, 3.8) is 0 Å². The molecule has 0 aliphatic carbocycles. The highest BCUT2D eigenvalue weighted by Crippen LogP contribution is 2.39. The van der Waals surface area contributed by atoms with Gasteiger partial charge in [0.05, 0.1) is 12.5 Å². The molecule has 2 saturated heterocycles. The summed E-state index contributed by atoms with van der Waals surface area (Å²) < 4.78 is 5.61. The fourth-order valence-electron chi connectivity index (χ4n) is 4.32. The Morgan fingerprint density at radius 2 is 1.74 bits per heavy atom. The van der Waals surface area contributed by atoms with Crippen molar-refractivity contribution >= 4 is 11.9 Å². The van der Waals surface area contributed by atoms with Crippen LogP contribution in [0.15, 0.2) is 24.3 Å². The van der Waals surface area contributed by atoms with Crippen LogP contribution in [0.3, 0.4) is 0 Å². The number of amides is 1. The van der Waals surface area contributed by atoms with Gasteiger partial charge in [0.25, 0.3) is 0 Å². The number of hydrogen-bond donors (Lipinski definition) is 0. The molecule has 2 unspecified atom stereocenters. The average molecular weight is 368 g/mol. The lowest BCUT2D eigenvalue weighted by atomic mass is 9.76. The largest absolute Gasteiger partial charge is 0.444 e. The number of carbonyl (C=O) groups excluding carboxylic acids is 2. The van der Waals surface area contributed by atoms with Crippen molar-refractivity contribution in [1.82, 2.24) is 4.90 Å². The first kappa shape index (κ1) is 19.4. The first-order valence-electron chi connectivity index (χ1n) is 9.80. The van der Waals surface area contributed by atoms with Crippen LogP contribution in [0.2, 0.25) is 0 Å². The van der Waals surface area contributed by atoms with Crippen LogP contribution in [0.25, 0.3) is 0 Å². The number of ether oxygens (including phenoxy) is 1. The Morgan fingerprint density at radius 1 is 1.15 bits per heavy atom. The molecular formula is C22H28N2O3. The van der Waals surface area contributed by atoms with E-state index in [4.69, 9.17) is 10.00 Å². The SMILES string of the molecule is CC(C)(C)OC(=O)N1C2CCCC1CC(C(=O)c1ccc(CC#N)cc1)C2. The lowest BCUT2D eigenvalue weighted by Crippen LogP contribution is -2.56. The molecule has 1 amide bonds. The first-order chi connectivity index (χ1) is 12.8. The van der Waals surface area contributed by atoms with E-state index in [1.165, 1.54) is 0 Å². The minimum absolute atomic E-state index is 0.0548. The zero-order valence-electron chi connectivity index (χ0n) is 16.4. The highest BCUT2D eigenvalue weighted by Gasteiger charge is 2.44. The fourth-order valence-corrected chi connectivity index (χ4v) is 4.32. The van der Waals surface area contributed by atoms with Crippen molar-refractivity contribution < 1.29 is 14.3 Å². The van der Waals surface area contributed by atoms with Crippen molar-refractivity contribution in [2.75, 3.05) is 0 Å². The van der Waals surface area contributed by atoms with E-state index < -0.39 is 5.60 Å². The molecule has 1 aromatic rings. The molecular weight excluding hydrogens is 340 g/mol. The van der Waals surface area contributed by atoms with E-state index in [1.807, 2.05) is 49.9 Å². The van der Waals surface area contributed by atoms with E-state index in [2.05, 4.69) is 6.07 Å². The fraction of sp³-hybridized carbons (Fsp3) is 0.591. The Balaban J connectivity index is 1.71. The second-order valence-electron chi connectivity index (χ2n) is 8.69. The van der Waals surface area contributed by atoms with Gasteiger partial charge in [-0.2, -0.15) is 5.26 Å². The Kier molecular flexibility index (Phi) is 5.55. The van der Waals surface area contributed by atoms with Crippen molar-refractivity contribution in [3.8, 4) is 6.07 Å². The van der Waals surface area contributed by atoms with Gasteiger partial charge in [-0.05, 0) is 58.4 Å². The minimum atomic E-state index is -0.511. The van der Waals surface area contributed by atoms with E-state index >= 15 is 0 Å². The lowest BCUT2D eigenvalue weighted by Gasteiger charge is -2.48. The molecule has 0 aromatic heterocycles. The Labute approximate surface area is 161 Å². The normalized spacial score (nSPS) is 24.8. The number of ketones is 1. The minimum Gasteiger partial charge on any atom is -0.444 e. The maximum atomic E-state index is 13.0. The van der Waals surface area contributed by atoms with Gasteiger partial charge >= 0.3 is 6.09 Å². The summed E-state index contributed by atoms with van der Waals surface area (Å²) in [4.78, 5) is 27.6. The molecule has 27 heavy (non-hydrogen) atoms. The molecule has 2 heterocycles. The zero-order valence-corrected chi connectivity index (χ0v) is 16.4. The average Bonchev–Trinajstić information content (AvgIpc) is 2.59. The molecule has 2 aliphatic heterocycles. The number of hydrogen-bond acceptors (Lipinski definition) is 4. The van der Waals surface area contributed by atoms with Gasteiger partial charge in [-0.15, -0.1) is 0 Å². The molecule has 2 bridgehead atoms. The molecule has 3 rings (SSSR count). The van der Waals surface area contributed by atoms with Gasteiger partial charge in [-0.3, -0.25) is 4.79 Å². The Morgan fingerprint density at radius 3 is 2.26 bits per heavy atom. The predicted octanol–water partition coefficient (Wildman–Crippen LogP) is 4.50. The molecule has 144 valence electrons. The van der Waals surface area contributed by atoms with Gasteiger partial charge in [-0.1, -0.05) is 24.3 Å². The molecule has 2 fully saturated rings. The standard InChI is InChI=1S/C22H28N2O3/c1-22(2,3)27-21(26)24-18-5-4-6-19(24)14-17(13-18)20(25)16-9-7-15(8-10-16)11-12-23/h7-10,17-19H,4-6,11,13-14H2,1-3H3. The molecule has 0 N–H and O–H groups in total. The third-order valence-electron chi connectivity index (χ3n) is 5.47. The van der Waals surface area contributed by atoms with E-state index in [0.717, 1.165) is 24.8 Å². The summed E-state index contributed by atoms with van der Waals surface area (Å²) in [6.07, 6.45) is 4.47. The number of rotatable bonds is 3. The van der Waals surface area contributed by atoms with Gasteiger partial charge in [0, 0.05) is 23.6 Å². The summed E-state index contributed by atoms with van der Waals surface area (Å²) >= 11 is 0. The quantitative estimate of drug-likeness (QED) is 0.736. The number of Topliss-reactive ketones (excluding diaryl/α,β-unsaturated/α-hetero) is 1. The molecule has 1 aromatic carbocycles. The van der Waals surface area contributed by atoms with Gasteiger partial charge in [0.2, 0.25) is 0 Å². The van der Waals surface area contributed by atoms with E-state index in [9.17, 15) is 9.59 Å². The second kappa shape index (κ2) is 7.72. The number of carbonyl (C=O) groups is 2. The van der Waals surface area contributed by atoms with Crippen LogP contribution in [0.1, 0.15) is 68.8 Å². The third kappa shape index (κ3) is 4.50. The van der Waals surface area contributed by atoms with E-state index in [0.29, 0.717) is 24.8 Å². The Hall–Kier alpha value is -2.35. The summed E-state index contributed by atoms with van der Waals surface area (Å²) in [6.45, 7) is 5.65. The maximum Gasteiger partial charge on any atom is 0.410 e. The molecule has 0 saturated carbocycles. The van der Waals surface area contributed by atoms with Gasteiger partial charge in [-0.25, -0.2) is 4.79 Å². The van der Waals surface area contributed by atoms with Crippen LogP contribution < -0.4 is 0 Å². The summed E-state index contributed by atoms with van der Waals surface area (Å²) in [5, 5.41) is 8.77. The molecule has 5 heteroatoms. The molecule has 2 atom stereocenters. The molecule has 5 nitrogen and oxygen atoms in total. The molecule has 0 spiro atoms. The highest BCUT2D eigenvalue weighted by atomic mass is 16.6. The van der Waals surface area contributed by atoms with Crippen LogP contribution in [-0.2, 0) is 11.2 Å². The third-order valence-corrected chi connectivity index (χ3v) is 5.47. The van der Waals surface area contributed by atoms with E-state index in [-0.39, 0.29) is 29.9 Å². The molecule has 2 aliphatic rings. The van der Waals surface area contributed by atoms with Crippen LogP contribution in [-0.4, -0.2) is 34.5 Å². The summed E-state index contributed by atoms with van der Waals surface area (Å²) in [7, 11) is 0. The van der Waals surface area contributed by atoms with Gasteiger partial charge in [0.15, 0.2) is 5.78 Å². The highest BCUT2D eigenvalue weighted by molar-refractivity contribution is 5.98. The van der Waals surface area contributed by atoms with Crippen LogP contribution >= 0.6 is 0 Å². The van der Waals surface area contributed by atoms with Crippen LogP contribution in [0, 0.1) is 17.2 Å². The van der Waals surface area contributed by atoms with Gasteiger partial charge in [0.1, 0.15) is 5.60 Å². The number of benzene rings is 1. The smallest absolute Gasteiger partial charge is 0.410 e. The topological polar surface area (TPSA) is 70.4 Å². The maximum absolute atomic E-state index is 13.0. The number of nitriles is 1. The zero-order chi connectivity index (χ0) is 19.6. The van der Waals surface area contributed by atoms with E-state index in [1.54, 1.807) is 0 Å². The van der Waals surface area contributed by atoms with Crippen molar-refractivity contribution in [1.29, 1.82) is 5.26 Å². The number of piperidine rings is 2. The van der Waals surface area contributed by atoms with Crippen molar-refractivity contribution in [2.45, 2.75) is 77.0 Å². The lowest BCUT2D eigenvalue weighted by molar-refractivity contribution is -0.0260. The van der Waals surface area contributed by atoms with Crippen molar-refractivity contribution in [3.05, 3.63) is 35.4 Å². The molecule has 0 radical (unpaired) electrons. The van der Waals surface area contributed by atoms with Gasteiger partial charge < -0.3 is 9.64 Å². The second-order valence-corrected chi connectivity index (χ2v) is 8.69. The van der Waals surface area contributed by atoms with Crippen molar-refractivity contribution in [2.24, 2.45) is 5.92 Å². The first-order valence-corrected chi connectivity index (χ1v) is 9.80. The monoisotopic (exact) mass is 368 g/mol. The summed E-state index contributed by atoms with van der Waals surface area (Å²) in [5.74, 6) is 0.0973. The van der Waals surface area contributed by atoms with Crippen LogP contribution in [0.4, 0.5) is 4.79 Å². The number of nitrogens with zero attached hydrogens (tertiary/aromatic N) is 2. The predicted molar refractivity (Wildman–Crippen MR) is 102 cm³/mol. The Bertz CT molecular complexity index is 728. The summed E-state index contributed by atoms with van der Waals surface area (Å²) in [6, 6.07) is 9.64. The summed E-state index contributed by atoms with van der Waals surface area (Å²) in [5.41, 5.74) is 1.11. The number of fused-ring (bicyclic) bond motifs is 2. The van der Waals surface area contributed by atoms with Crippen LogP contribution in [0.5, 0.6) is 0 Å².